The van der Waals surface area contributed by atoms with Crippen LogP contribution in [0.15, 0.2) is 84.9 Å². The van der Waals surface area contributed by atoms with Gasteiger partial charge in [-0.05, 0) is 52.5 Å². The SMILES string of the molecule is CC(C)c1nc(-c2cccc(-c3ccccc3)c2)cc(-c2ccc(F)cc2)c1C#CP(=O)(O)CC(O)CC(=O)O. The molecule has 0 saturated heterocycles. The summed E-state index contributed by atoms with van der Waals surface area (Å²) in [6.07, 6.45) is -2.85. The van der Waals surface area contributed by atoms with Crippen molar-refractivity contribution in [3.8, 4) is 45.1 Å². The molecule has 3 N–H and O–H groups in total. The Morgan fingerprint density at radius 1 is 0.925 bits per heavy atom. The van der Waals surface area contributed by atoms with Crippen molar-refractivity contribution in [3.05, 3.63) is 102 Å². The molecule has 0 spiro atoms. The van der Waals surface area contributed by atoms with E-state index in [9.17, 15) is 23.7 Å². The maximum atomic E-state index is 13.8. The lowest BCUT2D eigenvalue weighted by Crippen LogP contribution is -2.17. The molecular weight excluding hydrogens is 528 g/mol. The maximum Gasteiger partial charge on any atom is 0.305 e. The van der Waals surface area contributed by atoms with Crippen molar-refractivity contribution in [2.24, 2.45) is 0 Å². The molecule has 4 rings (SSSR count). The van der Waals surface area contributed by atoms with Gasteiger partial charge in [0, 0.05) is 11.1 Å². The molecule has 8 heteroatoms. The number of halogens is 1. The minimum absolute atomic E-state index is 0.128. The predicted molar refractivity (Wildman–Crippen MR) is 154 cm³/mol. The van der Waals surface area contributed by atoms with Crippen LogP contribution in [0.25, 0.3) is 33.5 Å². The number of hydrogen-bond acceptors (Lipinski definition) is 4. The molecule has 0 aliphatic carbocycles. The highest BCUT2D eigenvalue weighted by Gasteiger charge is 2.23. The Bertz CT molecular complexity index is 1630. The van der Waals surface area contributed by atoms with Crippen molar-refractivity contribution in [3.63, 3.8) is 0 Å². The number of aliphatic hydroxyl groups is 1. The van der Waals surface area contributed by atoms with E-state index in [0.717, 1.165) is 16.7 Å². The number of rotatable bonds is 8. The predicted octanol–water partition coefficient (Wildman–Crippen LogP) is 6.76. The van der Waals surface area contributed by atoms with Gasteiger partial charge in [-0.2, -0.15) is 0 Å². The molecule has 1 heterocycles. The van der Waals surface area contributed by atoms with E-state index in [4.69, 9.17) is 10.1 Å². The molecule has 0 amide bonds. The number of carboxylic acids is 1. The Morgan fingerprint density at radius 2 is 1.57 bits per heavy atom. The van der Waals surface area contributed by atoms with Crippen molar-refractivity contribution in [2.75, 3.05) is 6.16 Å². The Kier molecular flexibility index (Phi) is 8.96. The first-order valence-electron chi connectivity index (χ1n) is 12.7. The third-order valence-corrected chi connectivity index (χ3v) is 7.62. The topological polar surface area (TPSA) is 108 Å². The Hall–Kier alpha value is -4.08. The van der Waals surface area contributed by atoms with Gasteiger partial charge in [-0.1, -0.05) is 80.4 Å². The number of aromatic nitrogens is 1. The normalized spacial score (nSPS) is 13.2. The molecule has 6 nitrogen and oxygen atoms in total. The van der Waals surface area contributed by atoms with Crippen molar-refractivity contribution in [1.29, 1.82) is 0 Å². The third kappa shape index (κ3) is 7.31. The van der Waals surface area contributed by atoms with Crippen molar-refractivity contribution >= 4 is 13.3 Å². The average molecular weight is 558 g/mol. The highest BCUT2D eigenvalue weighted by molar-refractivity contribution is 7.63. The van der Waals surface area contributed by atoms with Gasteiger partial charge in [0.2, 0.25) is 0 Å². The molecule has 0 fully saturated rings. The monoisotopic (exact) mass is 557 g/mol. The van der Waals surface area contributed by atoms with Crippen LogP contribution in [0.2, 0.25) is 0 Å². The Morgan fingerprint density at radius 3 is 2.23 bits per heavy atom. The number of nitrogens with zero attached hydrogens (tertiary/aromatic N) is 1. The van der Waals surface area contributed by atoms with Gasteiger partial charge < -0.3 is 15.1 Å². The van der Waals surface area contributed by atoms with E-state index in [1.807, 2.05) is 74.5 Å². The van der Waals surface area contributed by atoms with Gasteiger partial charge in [-0.15, -0.1) is 0 Å². The van der Waals surface area contributed by atoms with Gasteiger partial charge in [-0.3, -0.25) is 14.3 Å². The first-order valence-corrected chi connectivity index (χ1v) is 14.6. The fourth-order valence-electron chi connectivity index (χ4n) is 4.35. The van der Waals surface area contributed by atoms with Gasteiger partial charge in [0.1, 0.15) is 5.82 Å². The van der Waals surface area contributed by atoms with Crippen LogP contribution in [0.1, 0.15) is 37.4 Å². The van der Waals surface area contributed by atoms with E-state index in [-0.39, 0.29) is 5.92 Å². The summed E-state index contributed by atoms with van der Waals surface area (Å²) in [6, 6.07) is 25.6. The lowest BCUT2D eigenvalue weighted by molar-refractivity contribution is -0.138. The molecule has 0 aliphatic rings. The second-order valence-corrected chi connectivity index (χ2v) is 11.8. The molecular formula is C32H29FNO5P. The smallest absolute Gasteiger partial charge is 0.305 e. The van der Waals surface area contributed by atoms with Crippen LogP contribution in [-0.2, 0) is 9.36 Å². The summed E-state index contributed by atoms with van der Waals surface area (Å²) in [7, 11) is -4.21. The highest BCUT2D eigenvalue weighted by Crippen LogP contribution is 2.41. The summed E-state index contributed by atoms with van der Waals surface area (Å²) in [5.74, 6) is 1.000. The lowest BCUT2D eigenvalue weighted by atomic mass is 9.92. The standard InChI is InChI=1S/C32H29FNO5P/c1-21(2)32-28(15-16-40(38,39)20-27(35)18-31(36)37)29(23-11-13-26(33)14-12-23)19-30(34-32)25-10-6-9-24(17-25)22-7-4-3-5-8-22/h3-14,17,19,21,27,35H,18,20H2,1-2H3,(H,36,37)(H,38,39). The van der Waals surface area contributed by atoms with E-state index < -0.39 is 37.8 Å². The summed E-state index contributed by atoms with van der Waals surface area (Å²) < 4.78 is 26.6. The molecule has 40 heavy (non-hydrogen) atoms. The van der Waals surface area contributed by atoms with Crippen molar-refractivity contribution in [2.45, 2.75) is 32.3 Å². The Balaban J connectivity index is 1.87. The van der Waals surface area contributed by atoms with Crippen LogP contribution in [0.4, 0.5) is 4.39 Å². The van der Waals surface area contributed by atoms with Gasteiger partial charge >= 0.3 is 5.97 Å². The van der Waals surface area contributed by atoms with Gasteiger partial charge in [0.15, 0.2) is 0 Å². The van der Waals surface area contributed by atoms with Crippen LogP contribution in [0, 0.1) is 17.4 Å². The molecule has 204 valence electrons. The summed E-state index contributed by atoms with van der Waals surface area (Å²) in [5, 5.41) is 18.8. The second-order valence-electron chi connectivity index (χ2n) is 9.80. The van der Waals surface area contributed by atoms with Gasteiger partial charge in [0.25, 0.3) is 7.37 Å². The van der Waals surface area contributed by atoms with Crippen LogP contribution >= 0.6 is 7.37 Å². The number of benzene rings is 3. The Labute approximate surface area is 232 Å². The number of carbonyl (C=O) groups is 1. The van der Waals surface area contributed by atoms with E-state index >= 15 is 0 Å². The highest BCUT2D eigenvalue weighted by atomic mass is 31.2. The van der Waals surface area contributed by atoms with E-state index in [1.165, 1.54) is 12.1 Å². The molecule has 2 unspecified atom stereocenters. The third-order valence-electron chi connectivity index (χ3n) is 6.24. The number of pyridine rings is 1. The maximum absolute atomic E-state index is 13.8. The average Bonchev–Trinajstić information content (AvgIpc) is 2.91. The first-order chi connectivity index (χ1) is 19.0. The summed E-state index contributed by atoms with van der Waals surface area (Å²) >= 11 is 0. The van der Waals surface area contributed by atoms with Crippen molar-refractivity contribution in [1.82, 2.24) is 4.98 Å². The van der Waals surface area contributed by atoms with Crippen LogP contribution < -0.4 is 0 Å². The largest absolute Gasteiger partial charge is 0.481 e. The summed E-state index contributed by atoms with van der Waals surface area (Å²) in [6.45, 7) is 3.86. The fourth-order valence-corrected chi connectivity index (χ4v) is 5.43. The fraction of sp³-hybridized carbons (Fsp3) is 0.188. The van der Waals surface area contributed by atoms with Gasteiger partial charge in [0.05, 0.1) is 35.6 Å². The zero-order valence-electron chi connectivity index (χ0n) is 22.1. The molecule has 1 aromatic heterocycles. The van der Waals surface area contributed by atoms with E-state index in [1.54, 1.807) is 12.1 Å². The molecule has 0 aliphatic heterocycles. The molecule has 3 aromatic carbocycles. The minimum atomic E-state index is -4.21. The van der Waals surface area contributed by atoms with Crippen molar-refractivity contribution < 1.29 is 28.9 Å². The molecule has 4 aromatic rings. The molecule has 0 radical (unpaired) electrons. The zero-order valence-corrected chi connectivity index (χ0v) is 23.0. The number of aliphatic carboxylic acids is 1. The second kappa shape index (κ2) is 12.4. The zero-order chi connectivity index (χ0) is 28.9. The summed E-state index contributed by atoms with van der Waals surface area (Å²) in [5.41, 5.74) is 8.22. The van der Waals surface area contributed by atoms with Crippen LogP contribution in [0.3, 0.4) is 0 Å². The van der Waals surface area contributed by atoms with E-state index in [0.29, 0.717) is 28.1 Å². The number of hydrogen-bond donors (Lipinski definition) is 3. The van der Waals surface area contributed by atoms with Crippen LogP contribution in [-0.4, -0.2) is 38.3 Å². The van der Waals surface area contributed by atoms with Crippen LogP contribution in [0.5, 0.6) is 0 Å². The molecule has 0 bridgehead atoms. The summed E-state index contributed by atoms with van der Waals surface area (Å²) in [4.78, 5) is 26.2. The molecule has 0 saturated carbocycles. The van der Waals surface area contributed by atoms with Gasteiger partial charge in [-0.25, -0.2) is 4.39 Å². The number of carboxylic acid groups (broad SMARTS) is 1. The minimum Gasteiger partial charge on any atom is -0.481 e. The molecule has 2 atom stereocenters. The lowest BCUT2D eigenvalue weighted by Gasteiger charge is -2.17. The first kappa shape index (κ1) is 28.9. The quantitative estimate of drug-likeness (QED) is 0.163. The van der Waals surface area contributed by atoms with E-state index in [2.05, 4.69) is 11.6 Å². The number of aliphatic hydroxyl groups excluding tert-OH is 1.